The molecular weight excluding hydrogens is 314 g/mol. The number of likely N-dealkylation sites (N-methyl/N-ethyl adjacent to an activating group) is 1. The van der Waals surface area contributed by atoms with Gasteiger partial charge in [0, 0.05) is 18.7 Å². The average Bonchev–Trinajstić information content (AvgIpc) is 3.10. The molecule has 0 saturated heterocycles. The van der Waals surface area contributed by atoms with Crippen LogP contribution < -0.4 is 4.72 Å². The van der Waals surface area contributed by atoms with Crippen LogP contribution in [0.5, 0.6) is 0 Å². The maximum atomic E-state index is 12.2. The van der Waals surface area contributed by atoms with Crippen molar-refractivity contribution >= 4 is 27.0 Å². The highest BCUT2D eigenvalue weighted by Crippen LogP contribution is 2.35. The monoisotopic (exact) mass is 333 g/mol. The van der Waals surface area contributed by atoms with Crippen LogP contribution in [0.2, 0.25) is 0 Å². The summed E-state index contributed by atoms with van der Waals surface area (Å²) in [7, 11) is 0.164. The molecule has 0 aromatic carbocycles. The van der Waals surface area contributed by atoms with E-state index in [1.165, 1.54) is 0 Å². The van der Waals surface area contributed by atoms with Gasteiger partial charge >= 0.3 is 0 Å². The first-order valence-electron chi connectivity index (χ1n) is 6.63. The Hall–Kier alpha value is -1.03. The van der Waals surface area contributed by atoms with Crippen LogP contribution in [0.1, 0.15) is 17.7 Å². The topological polar surface area (TPSA) is 92.6 Å². The zero-order valence-corrected chi connectivity index (χ0v) is 13.8. The summed E-state index contributed by atoms with van der Waals surface area (Å²) >= 11 is 0.928. The average molecular weight is 333 g/mol. The number of hydrogen-bond donors (Lipinski definition) is 1. The number of nitrogens with zero attached hydrogens (tertiary/aromatic N) is 2. The second-order valence-electron chi connectivity index (χ2n) is 5.48. The molecule has 1 fully saturated rings. The maximum absolute atomic E-state index is 12.2. The van der Waals surface area contributed by atoms with E-state index < -0.39 is 14.9 Å². The molecule has 9 heteroatoms. The number of aryl methyl sites for hydroxylation is 1. The number of sulfonamides is 1. The Morgan fingerprint density at radius 1 is 1.52 bits per heavy atom. The number of nitro groups is 1. The van der Waals surface area contributed by atoms with Crippen LogP contribution in [-0.2, 0) is 10.0 Å². The lowest BCUT2D eigenvalue weighted by Gasteiger charge is -2.24. The van der Waals surface area contributed by atoms with E-state index in [1.54, 1.807) is 6.92 Å². The van der Waals surface area contributed by atoms with Crippen LogP contribution in [0, 0.1) is 23.0 Å². The normalized spacial score (nSPS) is 17.1. The van der Waals surface area contributed by atoms with E-state index in [2.05, 4.69) is 4.72 Å². The first-order chi connectivity index (χ1) is 9.72. The first-order valence-corrected chi connectivity index (χ1v) is 8.93. The van der Waals surface area contributed by atoms with Crippen molar-refractivity contribution in [1.29, 1.82) is 0 Å². The highest BCUT2D eigenvalue weighted by atomic mass is 32.2. The molecular formula is C12H19N3O4S2. The molecule has 1 aliphatic carbocycles. The molecule has 118 valence electrons. The Kier molecular flexibility index (Phi) is 4.66. The Bertz CT molecular complexity index is 633. The highest BCUT2D eigenvalue weighted by Gasteiger charge is 2.34. The minimum atomic E-state index is -3.69. The molecule has 1 saturated carbocycles. The van der Waals surface area contributed by atoms with E-state index in [9.17, 15) is 18.5 Å². The zero-order valence-electron chi connectivity index (χ0n) is 12.2. The molecule has 1 N–H and O–H groups in total. The number of hydrogen-bond acceptors (Lipinski definition) is 6. The molecule has 21 heavy (non-hydrogen) atoms. The quantitative estimate of drug-likeness (QED) is 0.604. The molecule has 1 atom stereocenters. The Morgan fingerprint density at radius 3 is 2.57 bits per heavy atom. The molecule has 0 radical (unpaired) electrons. The van der Waals surface area contributed by atoms with Crippen LogP contribution in [0.3, 0.4) is 0 Å². The van der Waals surface area contributed by atoms with Crippen LogP contribution >= 0.6 is 11.3 Å². The van der Waals surface area contributed by atoms with Crippen LogP contribution in [0.4, 0.5) is 5.69 Å². The molecule has 0 unspecified atom stereocenters. The van der Waals surface area contributed by atoms with Gasteiger partial charge in [0.1, 0.15) is 4.21 Å². The van der Waals surface area contributed by atoms with Crippen molar-refractivity contribution < 1.29 is 13.3 Å². The number of rotatable bonds is 7. The van der Waals surface area contributed by atoms with Gasteiger partial charge in [0.05, 0.1) is 9.80 Å². The van der Waals surface area contributed by atoms with Gasteiger partial charge in [-0.2, -0.15) is 0 Å². The van der Waals surface area contributed by atoms with E-state index >= 15 is 0 Å². The summed E-state index contributed by atoms with van der Waals surface area (Å²) in [4.78, 5) is 12.7. The fourth-order valence-corrected chi connectivity index (χ4v) is 4.78. The third-order valence-corrected chi connectivity index (χ3v) is 6.58. The molecule has 1 aromatic rings. The van der Waals surface area contributed by atoms with Gasteiger partial charge in [0.25, 0.3) is 5.69 Å². The van der Waals surface area contributed by atoms with Gasteiger partial charge in [-0.25, -0.2) is 13.1 Å². The standard InChI is InChI=1S/C12H19N3O4S2/c1-8-10(15(16)17)6-12(20-8)21(18,19)13-7-11(14(2)3)9-4-5-9/h6,9,11,13H,4-5,7H2,1-3H3/t11-/m0/s1. The minimum absolute atomic E-state index is 0.00000283. The third-order valence-electron chi connectivity index (χ3n) is 3.64. The molecule has 1 heterocycles. The minimum Gasteiger partial charge on any atom is -0.305 e. The molecule has 0 spiro atoms. The summed E-state index contributed by atoms with van der Waals surface area (Å²) in [5, 5.41) is 10.8. The van der Waals surface area contributed by atoms with Gasteiger partial charge in [-0.3, -0.25) is 10.1 Å². The van der Waals surface area contributed by atoms with Gasteiger partial charge in [-0.05, 0) is 39.8 Å². The summed E-state index contributed by atoms with van der Waals surface area (Å²) in [6, 6.07) is 1.29. The molecule has 2 rings (SSSR count). The largest absolute Gasteiger partial charge is 0.305 e. The molecule has 1 aromatic heterocycles. The van der Waals surface area contributed by atoms with Gasteiger partial charge < -0.3 is 4.90 Å². The van der Waals surface area contributed by atoms with Crippen LogP contribution in [0.15, 0.2) is 10.3 Å². The second-order valence-corrected chi connectivity index (χ2v) is 8.73. The van der Waals surface area contributed by atoms with E-state index in [4.69, 9.17) is 0 Å². The van der Waals surface area contributed by atoms with Crippen molar-refractivity contribution in [3.63, 3.8) is 0 Å². The predicted octanol–water partition coefficient (Wildman–Crippen LogP) is 1.58. The molecule has 0 aliphatic heterocycles. The third kappa shape index (κ3) is 3.79. The second kappa shape index (κ2) is 5.99. The fourth-order valence-electron chi connectivity index (χ4n) is 2.28. The van der Waals surface area contributed by atoms with Crippen molar-refractivity contribution in [3.05, 3.63) is 21.1 Å². The van der Waals surface area contributed by atoms with Crippen LogP contribution in [0.25, 0.3) is 0 Å². The first kappa shape index (κ1) is 16.3. The summed E-state index contributed by atoms with van der Waals surface area (Å²) in [5.41, 5.74) is -0.147. The van der Waals surface area contributed by atoms with Crippen molar-refractivity contribution in [2.24, 2.45) is 5.92 Å². The number of nitrogens with one attached hydrogen (secondary N) is 1. The Labute approximate surface area is 128 Å². The van der Waals surface area contributed by atoms with Crippen molar-refractivity contribution in [1.82, 2.24) is 9.62 Å². The lowest BCUT2D eigenvalue weighted by atomic mass is 10.2. The van der Waals surface area contributed by atoms with Gasteiger partial charge in [0.2, 0.25) is 10.0 Å². The Morgan fingerprint density at radius 2 is 2.14 bits per heavy atom. The van der Waals surface area contributed by atoms with Gasteiger partial charge in [0.15, 0.2) is 0 Å². The number of thiophene rings is 1. The van der Waals surface area contributed by atoms with Gasteiger partial charge in [-0.15, -0.1) is 11.3 Å². The summed E-state index contributed by atoms with van der Waals surface area (Å²) < 4.78 is 27.1. The molecule has 7 nitrogen and oxygen atoms in total. The molecule has 0 bridgehead atoms. The summed E-state index contributed by atoms with van der Waals surface area (Å²) in [5.74, 6) is 0.530. The predicted molar refractivity (Wildman–Crippen MR) is 81.1 cm³/mol. The van der Waals surface area contributed by atoms with Crippen molar-refractivity contribution in [2.45, 2.75) is 30.0 Å². The van der Waals surface area contributed by atoms with E-state index in [0.717, 1.165) is 30.2 Å². The molecule has 0 amide bonds. The molecule has 1 aliphatic rings. The SMILES string of the molecule is Cc1sc(S(=O)(=O)NC[C@@H](C2CC2)N(C)C)cc1[N+](=O)[O-]. The lowest BCUT2D eigenvalue weighted by molar-refractivity contribution is -0.385. The Balaban J connectivity index is 2.11. The smallest absolute Gasteiger partial charge is 0.284 e. The van der Waals surface area contributed by atoms with E-state index in [1.807, 2.05) is 19.0 Å². The summed E-state index contributed by atoms with van der Waals surface area (Å²) in [6.45, 7) is 1.87. The van der Waals surface area contributed by atoms with Crippen molar-refractivity contribution in [2.75, 3.05) is 20.6 Å². The maximum Gasteiger partial charge on any atom is 0.284 e. The van der Waals surface area contributed by atoms with Gasteiger partial charge in [-0.1, -0.05) is 0 Å². The fraction of sp³-hybridized carbons (Fsp3) is 0.667. The van der Waals surface area contributed by atoms with E-state index in [-0.39, 0.29) is 15.9 Å². The van der Waals surface area contributed by atoms with Crippen molar-refractivity contribution in [3.8, 4) is 0 Å². The summed E-state index contributed by atoms with van der Waals surface area (Å²) in [6.07, 6.45) is 2.24. The zero-order chi connectivity index (χ0) is 15.8. The van der Waals surface area contributed by atoms with Crippen LogP contribution in [-0.4, -0.2) is 44.9 Å². The highest BCUT2D eigenvalue weighted by molar-refractivity contribution is 7.91. The lowest BCUT2D eigenvalue weighted by Crippen LogP contribution is -2.41. The van der Waals surface area contributed by atoms with E-state index in [0.29, 0.717) is 17.3 Å².